The van der Waals surface area contributed by atoms with Crippen molar-refractivity contribution in [1.82, 2.24) is 4.98 Å². The Kier molecular flexibility index (Phi) is 5.76. The molecule has 1 aromatic carbocycles. The van der Waals surface area contributed by atoms with Crippen molar-refractivity contribution in [2.75, 3.05) is 11.9 Å². The normalized spacial score (nSPS) is 20.1. The van der Waals surface area contributed by atoms with Crippen molar-refractivity contribution in [1.29, 1.82) is 0 Å². The number of nitrogens with one attached hydrogen (secondary N) is 1. The molecule has 1 aliphatic rings. The van der Waals surface area contributed by atoms with Crippen molar-refractivity contribution in [3.8, 4) is 11.5 Å². The largest absolute Gasteiger partial charge is 0.444 e. The van der Waals surface area contributed by atoms with Crippen LogP contribution in [0.2, 0.25) is 0 Å². The van der Waals surface area contributed by atoms with Gasteiger partial charge in [0.2, 0.25) is 5.89 Å². The Bertz CT molecular complexity index is 674. The molecule has 1 aliphatic heterocycles. The van der Waals surface area contributed by atoms with Gasteiger partial charge in [0, 0.05) is 17.8 Å². The SMILES string of the molecule is Cc1coc(-c2cccc(NC(=O)[C@@H]3CC[C@H](CN)O3)c2)n1.Cl. The first kappa shape index (κ1) is 17.5. The highest BCUT2D eigenvalue weighted by molar-refractivity contribution is 5.94. The van der Waals surface area contributed by atoms with Crippen molar-refractivity contribution >= 4 is 24.0 Å². The number of hydrogen-bond donors (Lipinski definition) is 2. The maximum atomic E-state index is 12.2. The van der Waals surface area contributed by atoms with Crippen LogP contribution in [-0.4, -0.2) is 29.6 Å². The molecule has 1 saturated heterocycles. The molecule has 2 aromatic rings. The standard InChI is InChI=1S/C16H19N3O3.ClH/c1-10-9-21-16(18-10)11-3-2-4-12(7-11)19-15(20)14-6-5-13(8-17)22-14;/h2-4,7,9,13-14H,5-6,8,17H2,1H3,(H,19,20);1H/t13-,14+;/m1./s1. The predicted octanol–water partition coefficient (Wildman–Crippen LogP) is 2.52. The van der Waals surface area contributed by atoms with E-state index in [1.54, 1.807) is 6.26 Å². The van der Waals surface area contributed by atoms with Crippen LogP contribution in [0.3, 0.4) is 0 Å². The summed E-state index contributed by atoms with van der Waals surface area (Å²) < 4.78 is 11.0. The first-order valence-electron chi connectivity index (χ1n) is 7.34. The lowest BCUT2D eigenvalue weighted by Crippen LogP contribution is -2.29. The Morgan fingerprint density at radius 1 is 1.43 bits per heavy atom. The number of nitrogens with zero attached hydrogens (tertiary/aromatic N) is 1. The van der Waals surface area contributed by atoms with Crippen molar-refractivity contribution in [2.24, 2.45) is 5.73 Å². The summed E-state index contributed by atoms with van der Waals surface area (Å²) >= 11 is 0. The number of halogens is 1. The van der Waals surface area contributed by atoms with E-state index >= 15 is 0 Å². The van der Waals surface area contributed by atoms with Gasteiger partial charge in [-0.2, -0.15) is 0 Å². The fourth-order valence-corrected chi connectivity index (χ4v) is 2.51. The van der Waals surface area contributed by atoms with Crippen LogP contribution in [0, 0.1) is 6.92 Å². The van der Waals surface area contributed by atoms with E-state index in [-0.39, 0.29) is 24.4 Å². The quantitative estimate of drug-likeness (QED) is 0.894. The summed E-state index contributed by atoms with van der Waals surface area (Å²) in [4.78, 5) is 16.5. The molecule has 1 amide bonds. The summed E-state index contributed by atoms with van der Waals surface area (Å²) in [5, 5.41) is 2.87. The number of aromatic nitrogens is 1. The molecule has 0 saturated carbocycles. The molecule has 0 radical (unpaired) electrons. The molecular formula is C16H20ClN3O3. The van der Waals surface area contributed by atoms with E-state index in [0.29, 0.717) is 24.5 Å². The molecule has 3 N–H and O–H groups in total. The van der Waals surface area contributed by atoms with Gasteiger partial charge >= 0.3 is 0 Å². The maximum Gasteiger partial charge on any atom is 0.253 e. The lowest BCUT2D eigenvalue weighted by Gasteiger charge is -2.13. The number of benzene rings is 1. The second kappa shape index (κ2) is 7.59. The third-order valence-corrected chi connectivity index (χ3v) is 3.66. The summed E-state index contributed by atoms with van der Waals surface area (Å²) in [5.74, 6) is 0.394. The molecule has 0 unspecified atom stereocenters. The third kappa shape index (κ3) is 4.10. The number of rotatable bonds is 4. The zero-order valence-corrected chi connectivity index (χ0v) is 13.6. The Morgan fingerprint density at radius 3 is 2.91 bits per heavy atom. The average Bonchev–Trinajstić information content (AvgIpc) is 3.16. The summed E-state index contributed by atoms with van der Waals surface area (Å²) in [6, 6.07) is 7.39. The van der Waals surface area contributed by atoms with E-state index < -0.39 is 6.10 Å². The Labute approximate surface area is 140 Å². The molecule has 1 fully saturated rings. The van der Waals surface area contributed by atoms with Gasteiger partial charge in [0.05, 0.1) is 11.8 Å². The number of carbonyl (C=O) groups is 1. The monoisotopic (exact) mass is 337 g/mol. The molecule has 7 heteroatoms. The number of oxazole rings is 1. The molecule has 0 spiro atoms. The van der Waals surface area contributed by atoms with Crippen LogP contribution >= 0.6 is 12.4 Å². The van der Waals surface area contributed by atoms with Crippen molar-refractivity contribution < 1.29 is 13.9 Å². The Morgan fingerprint density at radius 2 is 2.26 bits per heavy atom. The van der Waals surface area contributed by atoms with Crippen molar-refractivity contribution in [2.45, 2.75) is 32.0 Å². The zero-order chi connectivity index (χ0) is 15.5. The lowest BCUT2D eigenvalue weighted by molar-refractivity contribution is -0.126. The molecule has 1 aromatic heterocycles. The number of amides is 1. The molecule has 0 bridgehead atoms. The highest BCUT2D eigenvalue weighted by atomic mass is 35.5. The van der Waals surface area contributed by atoms with Gasteiger partial charge in [0.15, 0.2) is 0 Å². The van der Waals surface area contributed by atoms with Gasteiger partial charge in [-0.25, -0.2) is 4.98 Å². The fourth-order valence-electron chi connectivity index (χ4n) is 2.51. The Hall–Kier alpha value is -1.89. The molecule has 3 rings (SSSR count). The minimum absolute atomic E-state index is 0. The van der Waals surface area contributed by atoms with E-state index in [1.165, 1.54) is 0 Å². The zero-order valence-electron chi connectivity index (χ0n) is 12.8. The number of nitrogens with two attached hydrogens (primary N) is 1. The highest BCUT2D eigenvalue weighted by Gasteiger charge is 2.29. The highest BCUT2D eigenvalue weighted by Crippen LogP contribution is 2.24. The van der Waals surface area contributed by atoms with Gasteiger partial charge in [-0.3, -0.25) is 4.79 Å². The number of aryl methyl sites for hydroxylation is 1. The maximum absolute atomic E-state index is 12.2. The minimum Gasteiger partial charge on any atom is -0.444 e. The molecule has 6 nitrogen and oxygen atoms in total. The molecular weight excluding hydrogens is 318 g/mol. The van der Waals surface area contributed by atoms with Crippen LogP contribution in [0.1, 0.15) is 18.5 Å². The summed E-state index contributed by atoms with van der Waals surface area (Å²) in [5.41, 5.74) is 7.89. The first-order chi connectivity index (χ1) is 10.7. The van der Waals surface area contributed by atoms with Gasteiger partial charge < -0.3 is 20.2 Å². The van der Waals surface area contributed by atoms with Gasteiger partial charge in [-0.05, 0) is 38.0 Å². The van der Waals surface area contributed by atoms with Crippen LogP contribution in [0.15, 0.2) is 34.9 Å². The van der Waals surface area contributed by atoms with Crippen LogP contribution in [-0.2, 0) is 9.53 Å². The molecule has 0 aliphatic carbocycles. The van der Waals surface area contributed by atoms with Crippen LogP contribution in [0.4, 0.5) is 5.69 Å². The Balaban J connectivity index is 0.00000192. The average molecular weight is 338 g/mol. The molecule has 2 heterocycles. The van der Waals surface area contributed by atoms with Crippen LogP contribution < -0.4 is 11.1 Å². The summed E-state index contributed by atoms with van der Waals surface area (Å²) in [6.07, 6.45) is 2.68. The van der Waals surface area contributed by atoms with E-state index in [1.807, 2.05) is 31.2 Å². The smallest absolute Gasteiger partial charge is 0.253 e. The number of ether oxygens (including phenoxy) is 1. The number of anilines is 1. The fraction of sp³-hybridized carbons (Fsp3) is 0.375. The van der Waals surface area contributed by atoms with Gasteiger partial charge in [0.25, 0.3) is 5.91 Å². The van der Waals surface area contributed by atoms with Gasteiger partial charge in [-0.1, -0.05) is 6.07 Å². The summed E-state index contributed by atoms with van der Waals surface area (Å²) in [7, 11) is 0. The van der Waals surface area contributed by atoms with Crippen molar-refractivity contribution in [3.63, 3.8) is 0 Å². The second-order valence-corrected chi connectivity index (χ2v) is 5.42. The minimum atomic E-state index is -0.429. The van der Waals surface area contributed by atoms with Gasteiger partial charge in [0.1, 0.15) is 12.4 Å². The number of hydrogen-bond acceptors (Lipinski definition) is 5. The van der Waals surface area contributed by atoms with E-state index in [2.05, 4.69) is 10.3 Å². The number of carbonyl (C=O) groups excluding carboxylic acids is 1. The van der Waals surface area contributed by atoms with Crippen LogP contribution in [0.25, 0.3) is 11.5 Å². The lowest BCUT2D eigenvalue weighted by atomic mass is 10.1. The molecule has 23 heavy (non-hydrogen) atoms. The van der Waals surface area contributed by atoms with Gasteiger partial charge in [-0.15, -0.1) is 12.4 Å². The van der Waals surface area contributed by atoms with E-state index in [0.717, 1.165) is 17.7 Å². The molecule has 2 atom stereocenters. The first-order valence-corrected chi connectivity index (χ1v) is 7.34. The predicted molar refractivity (Wildman–Crippen MR) is 89.5 cm³/mol. The topological polar surface area (TPSA) is 90.4 Å². The van der Waals surface area contributed by atoms with Crippen LogP contribution in [0.5, 0.6) is 0 Å². The summed E-state index contributed by atoms with van der Waals surface area (Å²) in [6.45, 7) is 2.31. The van der Waals surface area contributed by atoms with E-state index in [4.69, 9.17) is 14.9 Å². The second-order valence-electron chi connectivity index (χ2n) is 5.42. The third-order valence-electron chi connectivity index (χ3n) is 3.66. The van der Waals surface area contributed by atoms with Crippen molar-refractivity contribution in [3.05, 3.63) is 36.2 Å². The van der Waals surface area contributed by atoms with E-state index in [9.17, 15) is 4.79 Å². The molecule has 124 valence electrons.